The van der Waals surface area contributed by atoms with Gasteiger partial charge in [0.05, 0.1) is 41.2 Å². The van der Waals surface area contributed by atoms with Crippen LogP contribution in [0.4, 0.5) is 4.79 Å². The summed E-state index contributed by atoms with van der Waals surface area (Å²) < 4.78 is 36.1. The van der Waals surface area contributed by atoms with Crippen molar-refractivity contribution in [1.82, 2.24) is 5.32 Å². The summed E-state index contributed by atoms with van der Waals surface area (Å²) >= 11 is 0. The minimum absolute atomic E-state index is 0.0308. The summed E-state index contributed by atoms with van der Waals surface area (Å²) in [5, 5.41) is 40.1. The van der Waals surface area contributed by atoms with E-state index in [2.05, 4.69) is 5.32 Å². The first kappa shape index (κ1) is 48.0. The Morgan fingerprint density at radius 3 is 1.95 bits per heavy atom. The fourth-order valence-corrected chi connectivity index (χ4v) is 9.97. The van der Waals surface area contributed by atoms with Crippen molar-refractivity contribution in [1.29, 1.82) is 0 Å². The smallest absolute Gasteiger partial charge is 0.408 e. The molecule has 16 nitrogen and oxygen atoms in total. The number of esters is 4. The molecule has 1 heterocycles. The molecule has 2 saturated carbocycles. The number of rotatable bonds is 10. The maximum Gasteiger partial charge on any atom is 0.408 e. The van der Waals surface area contributed by atoms with Gasteiger partial charge in [0, 0.05) is 25.2 Å². The molecule has 0 aromatic heterocycles. The second kappa shape index (κ2) is 17.5. The molecule has 3 aliphatic carbocycles. The lowest BCUT2D eigenvalue weighted by atomic mass is 9.44. The molecule has 64 heavy (non-hydrogen) atoms. The van der Waals surface area contributed by atoms with Gasteiger partial charge in [0.1, 0.15) is 29.5 Å². The summed E-state index contributed by atoms with van der Waals surface area (Å²) in [4.78, 5) is 84.4. The van der Waals surface area contributed by atoms with Crippen molar-refractivity contribution in [2.45, 2.75) is 142 Å². The maximum absolute atomic E-state index is 15.8. The molecule has 4 aliphatic rings. The predicted molar refractivity (Wildman–Crippen MR) is 227 cm³/mol. The van der Waals surface area contributed by atoms with Gasteiger partial charge in [-0.1, -0.05) is 61.9 Å². The molecule has 6 rings (SSSR count). The zero-order valence-corrected chi connectivity index (χ0v) is 37.8. The van der Waals surface area contributed by atoms with Crippen LogP contribution in [-0.4, -0.2) is 117 Å². The molecule has 346 valence electrons. The van der Waals surface area contributed by atoms with Crippen molar-refractivity contribution >= 4 is 35.8 Å². The number of Topliss-reactive ketones (excluding diaryl/α,β-unsaturated/α-hetero) is 1. The number of ketones is 1. The summed E-state index contributed by atoms with van der Waals surface area (Å²) in [5.74, 6) is -6.40. The van der Waals surface area contributed by atoms with Crippen molar-refractivity contribution in [3.05, 3.63) is 94.6 Å². The van der Waals surface area contributed by atoms with Crippen LogP contribution in [0.3, 0.4) is 0 Å². The number of ether oxygens (including phenoxy) is 6. The number of amides is 1. The molecule has 0 radical (unpaired) electrons. The number of fused-ring (bicyclic) bond motifs is 5. The van der Waals surface area contributed by atoms with Gasteiger partial charge in [-0.3, -0.25) is 9.59 Å². The Morgan fingerprint density at radius 1 is 0.891 bits per heavy atom. The second-order valence-electron chi connectivity index (χ2n) is 19.2. The lowest BCUT2D eigenvalue weighted by Crippen LogP contribution is -2.82. The van der Waals surface area contributed by atoms with Crippen LogP contribution in [0.25, 0.3) is 0 Å². The van der Waals surface area contributed by atoms with Gasteiger partial charge in [0.25, 0.3) is 0 Å². The average Bonchev–Trinajstić information content (AvgIpc) is 3.20. The quantitative estimate of drug-likeness (QED) is 0.144. The normalized spacial score (nSPS) is 31.4. The van der Waals surface area contributed by atoms with Crippen LogP contribution < -0.4 is 5.32 Å². The van der Waals surface area contributed by atoms with Crippen molar-refractivity contribution in [2.24, 2.45) is 16.7 Å². The molecule has 1 unspecified atom stereocenters. The highest BCUT2D eigenvalue weighted by Crippen LogP contribution is 2.64. The lowest BCUT2D eigenvalue weighted by molar-refractivity contribution is -0.345. The van der Waals surface area contributed by atoms with Gasteiger partial charge >= 0.3 is 30.0 Å². The Labute approximate surface area is 372 Å². The van der Waals surface area contributed by atoms with Crippen LogP contribution in [0.15, 0.2) is 83.5 Å². The van der Waals surface area contributed by atoms with Gasteiger partial charge in [-0.15, -0.1) is 0 Å². The van der Waals surface area contributed by atoms with E-state index in [0.717, 1.165) is 6.92 Å². The van der Waals surface area contributed by atoms with Crippen LogP contribution >= 0.6 is 0 Å². The summed E-state index contributed by atoms with van der Waals surface area (Å²) in [6.45, 7) is 15.2. The van der Waals surface area contributed by atoms with Gasteiger partial charge in [0.2, 0.25) is 0 Å². The number of benzene rings is 2. The summed E-state index contributed by atoms with van der Waals surface area (Å²) in [5.41, 5.74) is -8.10. The lowest BCUT2D eigenvalue weighted by Gasteiger charge is -2.67. The number of alkyl carbamates (subject to hydrolysis) is 1. The van der Waals surface area contributed by atoms with E-state index in [-0.39, 0.29) is 35.3 Å². The number of nitrogens with one attached hydrogen (secondary N) is 1. The number of hydrogen-bond acceptors (Lipinski definition) is 15. The summed E-state index contributed by atoms with van der Waals surface area (Å²) in [6, 6.07) is 14.3. The molecule has 1 amide bonds. The highest BCUT2D eigenvalue weighted by Gasteiger charge is 2.78. The Balaban J connectivity index is 1.57. The molecule has 3 fully saturated rings. The van der Waals surface area contributed by atoms with Crippen molar-refractivity contribution in [3.63, 3.8) is 0 Å². The van der Waals surface area contributed by atoms with Gasteiger partial charge < -0.3 is 49.1 Å². The third-order valence-corrected chi connectivity index (χ3v) is 13.2. The molecule has 1 saturated heterocycles. The first-order chi connectivity index (χ1) is 29.8. The third kappa shape index (κ3) is 8.60. The van der Waals surface area contributed by atoms with E-state index >= 15 is 4.79 Å². The van der Waals surface area contributed by atoms with Gasteiger partial charge in [-0.2, -0.15) is 0 Å². The molecule has 2 aromatic rings. The van der Waals surface area contributed by atoms with Gasteiger partial charge in [-0.25, -0.2) is 19.2 Å². The van der Waals surface area contributed by atoms with E-state index in [1.54, 1.807) is 84.9 Å². The van der Waals surface area contributed by atoms with Crippen molar-refractivity contribution in [2.75, 3.05) is 6.61 Å². The SMILES string of the molecule is CC(=O)O[C@@]12CO[C@@H]1C[C@H](O)[C@@]1(C)C(=O)[C@H](OC(=O)c3ccccc3)C3=C(C)[C@@H](OC(=O)[C@H](O)[C@H](C=C(C)C)NC(=O)OC(C)(C)C)C[C@@](O)([C@@H](OC(=O)c4ccccc4)C12)C3(C)C. The average molecular weight is 890 g/mol. The number of carbonyl (C=O) groups excluding carboxylic acids is 6. The zero-order valence-electron chi connectivity index (χ0n) is 37.8. The minimum Gasteiger partial charge on any atom is -0.456 e. The summed E-state index contributed by atoms with van der Waals surface area (Å²) in [6.07, 6.45) is -10.3. The molecule has 16 heteroatoms. The number of aliphatic hydroxyl groups is 3. The molecule has 4 N–H and O–H groups in total. The highest BCUT2D eigenvalue weighted by atomic mass is 16.6. The minimum atomic E-state index is -2.43. The molecule has 11 atom stereocenters. The number of allylic oxidation sites excluding steroid dienone is 1. The van der Waals surface area contributed by atoms with E-state index in [4.69, 9.17) is 28.4 Å². The monoisotopic (exact) mass is 889 g/mol. The molecule has 0 spiro atoms. The fourth-order valence-electron chi connectivity index (χ4n) is 9.97. The molecular formula is C48H59NO15. The van der Waals surface area contributed by atoms with Crippen LogP contribution in [0, 0.1) is 16.7 Å². The fraction of sp³-hybridized carbons (Fsp3) is 0.542. The summed E-state index contributed by atoms with van der Waals surface area (Å²) in [7, 11) is 0. The molecular weight excluding hydrogens is 831 g/mol. The zero-order chi connectivity index (χ0) is 47.3. The topological polar surface area (TPSA) is 231 Å². The molecule has 2 aromatic carbocycles. The number of aliphatic hydroxyl groups excluding tert-OH is 2. The van der Waals surface area contributed by atoms with Crippen LogP contribution in [0.2, 0.25) is 0 Å². The highest BCUT2D eigenvalue weighted by molar-refractivity contribution is 5.98. The maximum atomic E-state index is 15.8. The Bertz CT molecular complexity index is 2230. The van der Waals surface area contributed by atoms with Crippen molar-refractivity contribution < 1.29 is 72.5 Å². The van der Waals surface area contributed by atoms with Crippen LogP contribution in [-0.2, 0) is 42.8 Å². The molecule has 1 aliphatic heterocycles. The van der Waals surface area contributed by atoms with Crippen molar-refractivity contribution in [3.8, 4) is 0 Å². The van der Waals surface area contributed by atoms with Gasteiger partial charge in [-0.05, 0) is 83.9 Å². The third-order valence-electron chi connectivity index (χ3n) is 13.2. The van der Waals surface area contributed by atoms with E-state index in [0.29, 0.717) is 5.57 Å². The van der Waals surface area contributed by atoms with E-state index in [1.165, 1.54) is 44.2 Å². The standard InChI is InChI=1S/C48H59NO15/c1-25(2)21-30(49-43(57)64-44(5,6)7)35(52)42(56)60-31-23-48(58)39(62-41(55)29-19-15-12-16-20-29)37-46(10,32(51)22-33-47(37,24-59-33)63-27(4)50)38(53)36(34(26(31)3)45(48,8)9)61-40(54)28-17-13-11-14-18-28/h11-21,30-33,35-37,39,51-52,58H,22-24H2,1-10H3,(H,49,57)/t30-,31-,32-,33+,35+,36+,37?,39-,46+,47-,48+/m0/s1. The van der Waals surface area contributed by atoms with Crippen LogP contribution in [0.1, 0.15) is 103 Å². The van der Waals surface area contributed by atoms with E-state index < -0.39 is 118 Å². The number of hydrogen-bond donors (Lipinski definition) is 4. The first-order valence-electron chi connectivity index (χ1n) is 21.3. The van der Waals surface area contributed by atoms with E-state index in [9.17, 15) is 39.3 Å². The Kier molecular flexibility index (Phi) is 13.2. The molecule has 2 bridgehead atoms. The van der Waals surface area contributed by atoms with E-state index in [1.807, 2.05) is 0 Å². The number of carbonyl (C=O) groups is 6. The van der Waals surface area contributed by atoms with Gasteiger partial charge in [0.15, 0.2) is 23.6 Å². The predicted octanol–water partition coefficient (Wildman–Crippen LogP) is 4.72. The second-order valence-corrected chi connectivity index (χ2v) is 19.2. The first-order valence-corrected chi connectivity index (χ1v) is 21.3. The van der Waals surface area contributed by atoms with Crippen LogP contribution in [0.5, 0.6) is 0 Å². The Morgan fingerprint density at radius 2 is 1.45 bits per heavy atom. The Hall–Kier alpha value is -5.42. The largest absolute Gasteiger partial charge is 0.456 e.